The molecule has 1 aliphatic heterocycles. The summed E-state index contributed by atoms with van der Waals surface area (Å²) >= 11 is 6.74. The Hall–Kier alpha value is -4.33. The predicted octanol–water partition coefficient (Wildman–Crippen LogP) is 1.99. The van der Waals surface area contributed by atoms with Crippen LogP contribution >= 0.6 is 11.6 Å². The molecule has 0 saturated carbocycles. The van der Waals surface area contributed by atoms with Crippen LogP contribution in [-0.2, 0) is 4.74 Å². The summed E-state index contributed by atoms with van der Waals surface area (Å²) in [5.74, 6) is 0.560. The van der Waals surface area contributed by atoms with Crippen LogP contribution in [0.15, 0.2) is 18.3 Å². The number of benzene rings is 1. The maximum Gasteiger partial charge on any atom is 0.407 e. The van der Waals surface area contributed by atoms with Gasteiger partial charge in [0, 0.05) is 19.6 Å². The van der Waals surface area contributed by atoms with Gasteiger partial charge in [-0.3, -0.25) is 0 Å². The number of piperidine rings is 1. The molecular weight excluding hydrogens is 488 g/mol. The molecule has 1 saturated heterocycles. The summed E-state index contributed by atoms with van der Waals surface area (Å²) in [6, 6.07) is 6.87. The fraction of sp³-hybridized carbons (Fsp3) is 0.364. The molecule has 3 heterocycles. The number of fused-ring (bicyclic) bond motifs is 1. The highest BCUT2D eigenvalue weighted by molar-refractivity contribution is 6.36. The maximum absolute atomic E-state index is 11.5. The van der Waals surface area contributed by atoms with Gasteiger partial charge in [-0.25, -0.2) is 9.78 Å². The largest absolute Gasteiger partial charge is 0.453 e. The Balaban J connectivity index is 1.66. The molecule has 186 valence electrons. The Morgan fingerprint density at radius 2 is 2.17 bits per heavy atom. The van der Waals surface area contributed by atoms with E-state index in [0.29, 0.717) is 52.9 Å². The number of methoxy groups -OCH3 is 1. The molecule has 13 nitrogen and oxygen atoms in total. The van der Waals surface area contributed by atoms with Crippen molar-refractivity contribution in [2.75, 3.05) is 42.3 Å². The van der Waals surface area contributed by atoms with Crippen molar-refractivity contribution in [3.8, 4) is 12.1 Å². The summed E-state index contributed by atoms with van der Waals surface area (Å²) in [6.45, 7) is 3.11. The van der Waals surface area contributed by atoms with Gasteiger partial charge in [-0.2, -0.15) is 20.0 Å². The topological polar surface area (TPSA) is 177 Å². The minimum absolute atomic E-state index is 0.136. The first kappa shape index (κ1) is 24.8. The summed E-state index contributed by atoms with van der Waals surface area (Å²) < 4.78 is 5.98. The number of aliphatic hydroxyl groups is 1. The number of aliphatic hydroxyl groups excluding tert-OH is 1. The van der Waals surface area contributed by atoms with Crippen LogP contribution in [0, 0.1) is 22.7 Å². The van der Waals surface area contributed by atoms with Gasteiger partial charge in [0.05, 0.1) is 53.5 Å². The summed E-state index contributed by atoms with van der Waals surface area (Å²) in [7, 11) is 1.26. The smallest absolute Gasteiger partial charge is 0.407 e. The Bertz CT molecular complexity index is 1380. The lowest BCUT2D eigenvalue weighted by molar-refractivity contribution is 0.103. The normalized spacial score (nSPS) is 17.2. The van der Waals surface area contributed by atoms with Crippen molar-refractivity contribution in [3.63, 3.8) is 0 Å². The number of nitrogens with zero attached hydrogens (tertiary/aromatic N) is 7. The number of halogens is 1. The standard InChI is InChI=1S/C22H23ClN10O3/c1-3-26-19-20-27-10-13(9-25)33(20)31-21(30-19)28-15-6-12(8-24)7-16(18(15)23)32-5-4-14(17(34)11-32)29-22(35)36-2/h6-7,10,14,17,34H,3-5,11H2,1-2H3,(H,29,35)(H2,26,28,30,31)/t14-,17-/m1/s1. The van der Waals surface area contributed by atoms with Crippen molar-refractivity contribution >= 4 is 46.5 Å². The molecule has 2 atom stereocenters. The van der Waals surface area contributed by atoms with Gasteiger partial charge in [0.25, 0.3) is 0 Å². The molecule has 4 N–H and O–H groups in total. The Morgan fingerprint density at radius 1 is 1.36 bits per heavy atom. The van der Waals surface area contributed by atoms with Crippen molar-refractivity contribution < 1.29 is 14.6 Å². The van der Waals surface area contributed by atoms with Crippen molar-refractivity contribution in [3.05, 3.63) is 34.6 Å². The lowest BCUT2D eigenvalue weighted by Gasteiger charge is -2.38. The highest BCUT2D eigenvalue weighted by atomic mass is 35.5. The molecule has 3 aromatic rings. The average Bonchev–Trinajstić information content (AvgIpc) is 3.30. The van der Waals surface area contributed by atoms with Crippen molar-refractivity contribution in [2.45, 2.75) is 25.5 Å². The third-order valence-corrected chi connectivity index (χ3v) is 6.06. The van der Waals surface area contributed by atoms with Gasteiger partial charge in [0.15, 0.2) is 17.2 Å². The van der Waals surface area contributed by atoms with E-state index in [2.05, 4.69) is 41.8 Å². The van der Waals surface area contributed by atoms with E-state index in [1.54, 1.807) is 12.1 Å². The van der Waals surface area contributed by atoms with E-state index in [-0.39, 0.29) is 18.2 Å². The number of aromatic nitrogens is 4. The fourth-order valence-corrected chi connectivity index (χ4v) is 4.22. The molecule has 2 aromatic heterocycles. The number of alkyl carbamates (subject to hydrolysis) is 1. The van der Waals surface area contributed by atoms with Gasteiger partial charge >= 0.3 is 6.09 Å². The molecule has 0 unspecified atom stereocenters. The Morgan fingerprint density at radius 3 is 2.83 bits per heavy atom. The van der Waals surface area contributed by atoms with Gasteiger partial charge < -0.3 is 30.7 Å². The van der Waals surface area contributed by atoms with E-state index in [0.717, 1.165) is 0 Å². The minimum atomic E-state index is -0.880. The SMILES string of the molecule is CCNc1nc(Nc2cc(C#N)cc(N3CC[C@@H](NC(=O)OC)[C@H](O)C3)c2Cl)nn2c(C#N)cnc12. The van der Waals surface area contributed by atoms with E-state index in [4.69, 9.17) is 11.6 Å². The van der Waals surface area contributed by atoms with E-state index in [1.807, 2.05) is 17.9 Å². The van der Waals surface area contributed by atoms with Gasteiger partial charge in [0.2, 0.25) is 5.95 Å². The second-order valence-corrected chi connectivity index (χ2v) is 8.32. The second-order valence-electron chi connectivity index (χ2n) is 7.94. The molecule has 0 spiro atoms. The van der Waals surface area contributed by atoms with Gasteiger partial charge in [0.1, 0.15) is 6.07 Å². The van der Waals surface area contributed by atoms with E-state index < -0.39 is 18.2 Å². The number of β-amino-alcohol motifs (C(OH)–C–C–N with tert-alkyl or cyclic N) is 1. The number of ether oxygens (including phenoxy) is 1. The number of carbonyl (C=O) groups excluding carboxylic acids is 1. The first-order chi connectivity index (χ1) is 17.4. The molecule has 4 rings (SSSR count). The maximum atomic E-state index is 11.5. The lowest BCUT2D eigenvalue weighted by Crippen LogP contribution is -2.54. The monoisotopic (exact) mass is 510 g/mol. The number of hydrogen-bond donors (Lipinski definition) is 4. The number of nitriles is 2. The summed E-state index contributed by atoms with van der Waals surface area (Å²) in [4.78, 5) is 22.0. The predicted molar refractivity (Wildman–Crippen MR) is 131 cm³/mol. The third kappa shape index (κ3) is 4.88. The molecule has 14 heteroatoms. The first-order valence-electron chi connectivity index (χ1n) is 11.1. The highest BCUT2D eigenvalue weighted by Gasteiger charge is 2.31. The first-order valence-corrected chi connectivity index (χ1v) is 11.4. The van der Waals surface area contributed by atoms with Gasteiger partial charge in [-0.05, 0) is 25.5 Å². The third-order valence-electron chi connectivity index (χ3n) is 5.66. The zero-order valence-corrected chi connectivity index (χ0v) is 20.2. The second kappa shape index (κ2) is 10.5. The molecule has 1 aliphatic rings. The Labute approximate surface area is 211 Å². The fourth-order valence-electron chi connectivity index (χ4n) is 3.94. The molecular formula is C22H23ClN10O3. The number of rotatable bonds is 6. The van der Waals surface area contributed by atoms with Crippen LogP contribution in [0.3, 0.4) is 0 Å². The molecule has 0 aliphatic carbocycles. The van der Waals surface area contributed by atoms with Crippen LogP contribution in [0.25, 0.3) is 5.65 Å². The number of anilines is 4. The molecule has 36 heavy (non-hydrogen) atoms. The quantitative estimate of drug-likeness (QED) is 0.381. The number of nitrogens with one attached hydrogen (secondary N) is 3. The number of amides is 1. The van der Waals surface area contributed by atoms with Gasteiger partial charge in [-0.15, -0.1) is 5.10 Å². The van der Waals surface area contributed by atoms with Crippen molar-refractivity contribution in [2.24, 2.45) is 0 Å². The number of imidazole rings is 1. The average molecular weight is 511 g/mol. The molecule has 1 amide bonds. The zero-order chi connectivity index (χ0) is 25.8. The number of hydrogen-bond acceptors (Lipinski definition) is 11. The van der Waals surface area contributed by atoms with Crippen LogP contribution in [0.2, 0.25) is 5.02 Å². The van der Waals surface area contributed by atoms with Crippen LogP contribution in [0.5, 0.6) is 0 Å². The van der Waals surface area contributed by atoms with Crippen LogP contribution in [0.1, 0.15) is 24.6 Å². The Kier molecular flexibility index (Phi) is 7.24. The van der Waals surface area contributed by atoms with Crippen LogP contribution in [-0.4, -0.2) is 69.7 Å². The molecule has 0 bridgehead atoms. The van der Waals surface area contributed by atoms with Crippen molar-refractivity contribution in [1.82, 2.24) is 24.9 Å². The van der Waals surface area contributed by atoms with Crippen molar-refractivity contribution in [1.29, 1.82) is 10.5 Å². The van der Waals surface area contributed by atoms with Gasteiger partial charge in [-0.1, -0.05) is 11.6 Å². The zero-order valence-electron chi connectivity index (χ0n) is 19.5. The van der Waals surface area contributed by atoms with Crippen LogP contribution in [0.4, 0.5) is 27.9 Å². The minimum Gasteiger partial charge on any atom is -0.453 e. The van der Waals surface area contributed by atoms with Crippen LogP contribution < -0.4 is 20.9 Å². The highest BCUT2D eigenvalue weighted by Crippen LogP contribution is 2.37. The summed E-state index contributed by atoms with van der Waals surface area (Å²) in [6.07, 6.45) is 0.347. The van der Waals surface area contributed by atoms with E-state index >= 15 is 0 Å². The molecule has 1 fully saturated rings. The summed E-state index contributed by atoms with van der Waals surface area (Å²) in [5, 5.41) is 43.0. The molecule has 1 aromatic carbocycles. The summed E-state index contributed by atoms with van der Waals surface area (Å²) in [5.41, 5.74) is 1.85. The van der Waals surface area contributed by atoms with E-state index in [9.17, 15) is 20.4 Å². The molecule has 0 radical (unpaired) electrons. The number of carbonyl (C=O) groups is 1. The van der Waals surface area contributed by atoms with E-state index in [1.165, 1.54) is 17.8 Å². The lowest BCUT2D eigenvalue weighted by atomic mass is 10.0.